The number of nitrogens with one attached hydrogen (secondary N) is 2. The van der Waals surface area contributed by atoms with E-state index in [1.807, 2.05) is 6.92 Å². The van der Waals surface area contributed by atoms with E-state index in [-0.39, 0.29) is 36.7 Å². The van der Waals surface area contributed by atoms with E-state index in [4.69, 9.17) is 15.2 Å². The SMILES string of the molecule is COc1cc(NC(=O)CNC(=O)C2CCCCC2(C)N)cc(OC)c1.Cl. The van der Waals surface area contributed by atoms with Crippen molar-refractivity contribution in [3.8, 4) is 11.5 Å². The lowest BCUT2D eigenvalue weighted by Gasteiger charge is -2.37. The molecule has 1 fully saturated rings. The lowest BCUT2D eigenvalue weighted by atomic mass is 9.74. The van der Waals surface area contributed by atoms with Crippen LogP contribution in [0.5, 0.6) is 11.5 Å². The Morgan fingerprint density at radius 3 is 2.35 bits per heavy atom. The smallest absolute Gasteiger partial charge is 0.243 e. The first-order valence-electron chi connectivity index (χ1n) is 8.45. The topological polar surface area (TPSA) is 103 Å². The molecule has 26 heavy (non-hydrogen) atoms. The first-order chi connectivity index (χ1) is 11.9. The summed E-state index contributed by atoms with van der Waals surface area (Å²) >= 11 is 0. The molecule has 2 rings (SSSR count). The maximum atomic E-state index is 12.4. The van der Waals surface area contributed by atoms with Gasteiger partial charge in [-0.25, -0.2) is 0 Å². The Balaban J connectivity index is 0.00000338. The summed E-state index contributed by atoms with van der Waals surface area (Å²) in [6.07, 6.45) is 3.60. The van der Waals surface area contributed by atoms with Crippen molar-refractivity contribution in [3.05, 3.63) is 18.2 Å². The van der Waals surface area contributed by atoms with Crippen LogP contribution in [-0.2, 0) is 9.59 Å². The number of carbonyl (C=O) groups is 2. The van der Waals surface area contributed by atoms with Gasteiger partial charge in [0.25, 0.3) is 0 Å². The van der Waals surface area contributed by atoms with Gasteiger partial charge in [0.05, 0.1) is 26.7 Å². The second-order valence-corrected chi connectivity index (χ2v) is 6.67. The van der Waals surface area contributed by atoms with Crippen molar-refractivity contribution in [1.82, 2.24) is 5.32 Å². The summed E-state index contributed by atoms with van der Waals surface area (Å²) < 4.78 is 10.3. The summed E-state index contributed by atoms with van der Waals surface area (Å²) in [6, 6.07) is 5.07. The van der Waals surface area contributed by atoms with Crippen molar-refractivity contribution in [3.63, 3.8) is 0 Å². The van der Waals surface area contributed by atoms with Gasteiger partial charge in [-0.1, -0.05) is 12.8 Å². The normalized spacial score (nSPS) is 21.9. The van der Waals surface area contributed by atoms with Gasteiger partial charge in [0.2, 0.25) is 11.8 Å². The standard InChI is InChI=1S/C18H27N3O4.ClH/c1-18(19)7-5-4-6-15(18)17(23)20-11-16(22)21-12-8-13(24-2)10-14(9-12)25-3;/h8-10,15H,4-7,11,19H2,1-3H3,(H,20,23)(H,21,22);1H. The molecule has 0 radical (unpaired) electrons. The highest BCUT2D eigenvalue weighted by molar-refractivity contribution is 5.95. The molecular weight excluding hydrogens is 358 g/mol. The largest absolute Gasteiger partial charge is 0.497 e. The molecule has 1 aliphatic rings. The van der Waals surface area contributed by atoms with Crippen LogP contribution in [0.25, 0.3) is 0 Å². The Morgan fingerprint density at radius 1 is 1.19 bits per heavy atom. The molecule has 8 heteroatoms. The lowest BCUT2D eigenvalue weighted by Crippen LogP contribution is -2.53. The van der Waals surface area contributed by atoms with Gasteiger partial charge in [-0.3, -0.25) is 9.59 Å². The fraction of sp³-hybridized carbons (Fsp3) is 0.556. The molecule has 1 aromatic carbocycles. The average molecular weight is 386 g/mol. The molecule has 0 saturated heterocycles. The van der Waals surface area contributed by atoms with E-state index in [2.05, 4.69) is 10.6 Å². The zero-order valence-electron chi connectivity index (χ0n) is 15.5. The minimum Gasteiger partial charge on any atom is -0.497 e. The number of carbonyl (C=O) groups excluding carboxylic acids is 2. The first kappa shape index (κ1) is 22.1. The predicted molar refractivity (Wildman–Crippen MR) is 103 cm³/mol. The molecule has 0 spiro atoms. The Bertz CT molecular complexity index is 615. The van der Waals surface area contributed by atoms with Crippen molar-refractivity contribution >= 4 is 29.9 Å². The van der Waals surface area contributed by atoms with E-state index < -0.39 is 5.54 Å². The predicted octanol–water partition coefficient (Wildman–Crippen LogP) is 2.09. The van der Waals surface area contributed by atoms with Crippen molar-refractivity contribution in [2.24, 2.45) is 11.7 Å². The molecule has 0 heterocycles. The summed E-state index contributed by atoms with van der Waals surface area (Å²) in [5.41, 5.74) is 6.25. The molecule has 0 aromatic heterocycles. The zero-order chi connectivity index (χ0) is 18.4. The Labute approximate surface area is 160 Å². The number of ether oxygens (including phenoxy) is 2. The quantitative estimate of drug-likeness (QED) is 0.695. The van der Waals surface area contributed by atoms with Crippen molar-refractivity contribution in [1.29, 1.82) is 0 Å². The van der Waals surface area contributed by atoms with Gasteiger partial charge in [-0.05, 0) is 19.8 Å². The highest BCUT2D eigenvalue weighted by atomic mass is 35.5. The molecule has 2 unspecified atom stereocenters. The van der Waals surface area contributed by atoms with E-state index in [9.17, 15) is 9.59 Å². The Hall–Kier alpha value is -1.99. The third-order valence-corrected chi connectivity index (χ3v) is 4.63. The van der Waals surface area contributed by atoms with E-state index in [0.29, 0.717) is 17.2 Å². The molecule has 0 aliphatic heterocycles. The number of methoxy groups -OCH3 is 2. The Morgan fingerprint density at radius 2 is 1.81 bits per heavy atom. The zero-order valence-corrected chi connectivity index (χ0v) is 16.3. The minimum atomic E-state index is -0.515. The van der Waals surface area contributed by atoms with E-state index in [1.165, 1.54) is 14.2 Å². The second kappa shape index (κ2) is 9.64. The van der Waals surface area contributed by atoms with Crippen LogP contribution in [0.4, 0.5) is 5.69 Å². The van der Waals surface area contributed by atoms with Crippen LogP contribution in [0.3, 0.4) is 0 Å². The molecule has 0 bridgehead atoms. The molecule has 2 amide bonds. The van der Waals surface area contributed by atoms with E-state index >= 15 is 0 Å². The summed E-state index contributed by atoms with van der Waals surface area (Å²) in [5, 5.41) is 5.42. The maximum absolute atomic E-state index is 12.4. The van der Waals surface area contributed by atoms with Crippen LogP contribution in [0.1, 0.15) is 32.6 Å². The maximum Gasteiger partial charge on any atom is 0.243 e. The van der Waals surface area contributed by atoms with Crippen LogP contribution in [-0.4, -0.2) is 38.1 Å². The number of hydrogen-bond acceptors (Lipinski definition) is 5. The van der Waals surface area contributed by atoms with Gasteiger partial charge in [-0.2, -0.15) is 0 Å². The number of benzene rings is 1. The van der Waals surface area contributed by atoms with E-state index in [0.717, 1.165) is 25.7 Å². The van der Waals surface area contributed by atoms with E-state index in [1.54, 1.807) is 18.2 Å². The lowest BCUT2D eigenvalue weighted by molar-refractivity contribution is -0.130. The molecular formula is C18H28ClN3O4. The average Bonchev–Trinajstić information content (AvgIpc) is 2.58. The van der Waals surface area contributed by atoms with Gasteiger partial charge in [0, 0.05) is 29.4 Å². The number of amides is 2. The molecule has 1 aliphatic carbocycles. The fourth-order valence-electron chi connectivity index (χ4n) is 3.16. The molecule has 1 saturated carbocycles. The van der Waals surface area contributed by atoms with Crippen molar-refractivity contribution in [2.75, 3.05) is 26.1 Å². The second-order valence-electron chi connectivity index (χ2n) is 6.67. The van der Waals surface area contributed by atoms with Gasteiger partial charge in [0.15, 0.2) is 0 Å². The van der Waals surface area contributed by atoms with Crippen LogP contribution in [0, 0.1) is 5.92 Å². The van der Waals surface area contributed by atoms with Crippen molar-refractivity contribution in [2.45, 2.75) is 38.1 Å². The van der Waals surface area contributed by atoms with Gasteiger partial charge in [-0.15, -0.1) is 12.4 Å². The molecule has 2 atom stereocenters. The highest BCUT2D eigenvalue weighted by Crippen LogP contribution is 2.31. The number of hydrogen-bond donors (Lipinski definition) is 3. The third kappa shape index (κ3) is 5.78. The van der Waals surface area contributed by atoms with Gasteiger partial charge >= 0.3 is 0 Å². The van der Waals surface area contributed by atoms with Crippen molar-refractivity contribution < 1.29 is 19.1 Å². The van der Waals surface area contributed by atoms with Crippen LogP contribution in [0.15, 0.2) is 18.2 Å². The highest BCUT2D eigenvalue weighted by Gasteiger charge is 2.37. The minimum absolute atomic E-state index is 0. The fourth-order valence-corrected chi connectivity index (χ4v) is 3.16. The van der Waals surface area contributed by atoms with Gasteiger partial charge < -0.3 is 25.8 Å². The molecule has 4 N–H and O–H groups in total. The van der Waals surface area contributed by atoms with Crippen LogP contribution < -0.4 is 25.8 Å². The summed E-state index contributed by atoms with van der Waals surface area (Å²) in [4.78, 5) is 24.5. The summed E-state index contributed by atoms with van der Waals surface area (Å²) in [6.45, 7) is 1.80. The molecule has 146 valence electrons. The summed E-state index contributed by atoms with van der Waals surface area (Å²) in [7, 11) is 3.07. The number of nitrogens with two attached hydrogens (primary N) is 1. The number of rotatable bonds is 6. The van der Waals surface area contributed by atoms with Crippen LogP contribution >= 0.6 is 12.4 Å². The van der Waals surface area contributed by atoms with Crippen LogP contribution in [0.2, 0.25) is 0 Å². The molecule has 7 nitrogen and oxygen atoms in total. The first-order valence-corrected chi connectivity index (χ1v) is 8.45. The summed E-state index contributed by atoms with van der Waals surface area (Å²) in [5.74, 6) is 0.395. The third-order valence-electron chi connectivity index (χ3n) is 4.63. The molecule has 1 aromatic rings. The number of halogens is 1. The monoisotopic (exact) mass is 385 g/mol. The number of anilines is 1. The van der Waals surface area contributed by atoms with Gasteiger partial charge in [0.1, 0.15) is 11.5 Å². The Kier molecular flexibility index (Phi) is 8.17.